The summed E-state index contributed by atoms with van der Waals surface area (Å²) in [6.07, 6.45) is 2.05. The van der Waals surface area contributed by atoms with Crippen LogP contribution in [-0.2, 0) is 16.5 Å². The van der Waals surface area contributed by atoms with E-state index in [1.165, 1.54) is 28.0 Å². The van der Waals surface area contributed by atoms with Crippen molar-refractivity contribution < 1.29 is 13.0 Å². The van der Waals surface area contributed by atoms with Crippen molar-refractivity contribution in [1.29, 1.82) is 0 Å². The fourth-order valence-corrected chi connectivity index (χ4v) is 4.63. The quantitative estimate of drug-likeness (QED) is 0.685. The van der Waals surface area contributed by atoms with Crippen LogP contribution in [-0.4, -0.2) is 22.5 Å². The molecule has 0 radical (unpaired) electrons. The van der Waals surface area contributed by atoms with E-state index in [9.17, 15) is 8.42 Å². The van der Waals surface area contributed by atoms with Crippen LogP contribution in [0.3, 0.4) is 0 Å². The largest absolute Gasteiger partial charge is 0.287 e. The van der Waals surface area contributed by atoms with Gasteiger partial charge in [0.25, 0.3) is 10.1 Å². The highest BCUT2D eigenvalue weighted by Crippen LogP contribution is 2.22. The highest BCUT2D eigenvalue weighted by Gasteiger charge is 2.17. The Labute approximate surface area is 124 Å². The first-order valence-electron chi connectivity index (χ1n) is 6.71. The van der Waals surface area contributed by atoms with E-state index in [-0.39, 0.29) is 0 Å². The van der Waals surface area contributed by atoms with E-state index in [1.807, 2.05) is 0 Å². The number of benzene rings is 1. The van der Waals surface area contributed by atoms with Crippen LogP contribution >= 0.6 is 0 Å². The minimum atomic E-state index is -4.03. The number of aryl methyl sites for hydroxylation is 1. The molecule has 1 aromatic rings. The fraction of sp³-hybridized carbons (Fsp3) is 0.467. The molecule has 112 valence electrons. The maximum Gasteiger partial charge on any atom is 0.287 e. The van der Waals surface area contributed by atoms with Gasteiger partial charge in [-0.1, -0.05) is 44.2 Å². The molecule has 0 bridgehead atoms. The van der Waals surface area contributed by atoms with E-state index in [0.29, 0.717) is 11.5 Å². The fourth-order valence-electron chi connectivity index (χ4n) is 2.19. The first-order valence-corrected chi connectivity index (χ1v) is 9.63. The van der Waals surface area contributed by atoms with Crippen LogP contribution in [0.25, 0.3) is 0 Å². The molecule has 3 nitrogen and oxygen atoms in total. The van der Waals surface area contributed by atoms with Gasteiger partial charge in [0.05, 0.1) is 14.9 Å². The Bertz CT molecular complexity index is 611. The Balaban J connectivity index is 3.13. The van der Waals surface area contributed by atoms with Crippen molar-refractivity contribution in [3.8, 4) is 0 Å². The average molecular weight is 313 g/mol. The smallest absolute Gasteiger partial charge is 0.282 e. The van der Waals surface area contributed by atoms with E-state index >= 15 is 0 Å². The van der Waals surface area contributed by atoms with Gasteiger partial charge in [-0.15, -0.1) is 0 Å². The lowest BCUT2D eigenvalue weighted by molar-refractivity contribution is 0.494. The molecule has 0 unspecified atom stereocenters. The molecule has 1 rings (SSSR count). The molecule has 0 fully saturated rings. The second-order valence-corrected chi connectivity index (χ2v) is 11.0. The first-order chi connectivity index (χ1) is 8.99. The Morgan fingerprint density at radius 1 is 1.25 bits per heavy atom. The molecular weight excluding hydrogens is 288 g/mol. The molecule has 0 amide bonds. The van der Waals surface area contributed by atoms with Crippen LogP contribution in [0.1, 0.15) is 37.5 Å². The van der Waals surface area contributed by atoms with Crippen molar-refractivity contribution >= 4 is 24.8 Å². The average Bonchev–Trinajstić information content (AvgIpc) is 2.25. The minimum absolute atomic E-state index is 0.306. The van der Waals surface area contributed by atoms with Crippen molar-refractivity contribution in [3.05, 3.63) is 40.3 Å². The summed E-state index contributed by atoms with van der Waals surface area (Å²) in [5.41, 5.74) is 3.78. The summed E-state index contributed by atoms with van der Waals surface area (Å²) >= 11 is 0. The lowest BCUT2D eigenvalue weighted by Gasteiger charge is -2.22. The zero-order valence-corrected chi connectivity index (χ0v) is 15.1. The third-order valence-electron chi connectivity index (χ3n) is 3.28. The van der Waals surface area contributed by atoms with Crippen molar-refractivity contribution in [1.82, 2.24) is 0 Å². The number of allylic oxidation sites excluding steroid dienone is 1. The van der Waals surface area contributed by atoms with Gasteiger partial charge in [0.2, 0.25) is 0 Å². The SMILES string of the molecule is Cc1ccc(CC=CS(=O)(=O)O)c([SiH2]C(C)(C)C)c1C. The molecule has 1 N–H and O–H groups in total. The molecule has 0 aromatic heterocycles. The van der Waals surface area contributed by atoms with Crippen LogP contribution in [0.5, 0.6) is 0 Å². The molecule has 0 aliphatic heterocycles. The van der Waals surface area contributed by atoms with Crippen molar-refractivity contribution in [2.45, 2.75) is 46.1 Å². The number of hydrogen-bond acceptors (Lipinski definition) is 2. The maximum atomic E-state index is 10.7. The zero-order chi connectivity index (χ0) is 15.6. The third kappa shape index (κ3) is 5.61. The van der Waals surface area contributed by atoms with E-state index in [0.717, 1.165) is 5.41 Å². The molecule has 0 saturated heterocycles. The van der Waals surface area contributed by atoms with Crippen LogP contribution in [0.2, 0.25) is 5.04 Å². The van der Waals surface area contributed by atoms with E-state index in [4.69, 9.17) is 4.55 Å². The van der Waals surface area contributed by atoms with E-state index in [2.05, 4.69) is 46.8 Å². The monoisotopic (exact) mass is 312 g/mol. The third-order valence-corrected chi connectivity index (χ3v) is 6.21. The predicted octanol–water partition coefficient (Wildman–Crippen LogP) is 2.26. The van der Waals surface area contributed by atoms with Crippen molar-refractivity contribution in [2.24, 2.45) is 0 Å². The standard InChI is InChI=1S/C15H24O3SSi/c1-11-8-9-13(7-6-10-19(16,17)18)14(12(11)2)20-15(3,4)5/h6,8-10H,7,20H2,1-5H3,(H,16,17,18). The second kappa shape index (κ2) is 6.24. The van der Waals surface area contributed by atoms with Crippen LogP contribution in [0.4, 0.5) is 0 Å². The number of rotatable bonds is 4. The minimum Gasteiger partial charge on any atom is -0.282 e. The van der Waals surface area contributed by atoms with Crippen LogP contribution in [0, 0.1) is 13.8 Å². The Morgan fingerprint density at radius 2 is 1.85 bits per heavy atom. The maximum absolute atomic E-state index is 10.7. The van der Waals surface area contributed by atoms with Gasteiger partial charge in [0.1, 0.15) is 0 Å². The van der Waals surface area contributed by atoms with Gasteiger partial charge in [0.15, 0.2) is 0 Å². The predicted molar refractivity (Wildman–Crippen MR) is 88.2 cm³/mol. The molecule has 20 heavy (non-hydrogen) atoms. The van der Waals surface area contributed by atoms with Crippen LogP contribution < -0.4 is 5.19 Å². The molecule has 0 spiro atoms. The van der Waals surface area contributed by atoms with Gasteiger partial charge >= 0.3 is 0 Å². The van der Waals surface area contributed by atoms with Crippen molar-refractivity contribution in [3.63, 3.8) is 0 Å². The summed E-state index contributed by atoms with van der Waals surface area (Å²) in [4.78, 5) is 0. The van der Waals surface area contributed by atoms with E-state index < -0.39 is 19.6 Å². The highest BCUT2D eigenvalue weighted by atomic mass is 32.2. The summed E-state index contributed by atoms with van der Waals surface area (Å²) in [5.74, 6) is 0. The second-order valence-electron chi connectivity index (χ2n) is 6.47. The zero-order valence-electron chi connectivity index (χ0n) is 12.9. The summed E-state index contributed by atoms with van der Waals surface area (Å²) in [6.45, 7) is 11.0. The molecule has 0 aliphatic carbocycles. The summed E-state index contributed by atoms with van der Waals surface area (Å²) in [7, 11) is -4.49. The summed E-state index contributed by atoms with van der Waals surface area (Å²) < 4.78 is 30.2. The van der Waals surface area contributed by atoms with Crippen molar-refractivity contribution in [2.75, 3.05) is 0 Å². The topological polar surface area (TPSA) is 54.4 Å². The molecule has 0 heterocycles. The molecule has 0 saturated carbocycles. The Hall–Kier alpha value is -0.913. The van der Waals surface area contributed by atoms with Gasteiger partial charge in [-0.3, -0.25) is 4.55 Å². The van der Waals surface area contributed by atoms with Gasteiger partial charge in [0, 0.05) is 0 Å². The lowest BCUT2D eigenvalue weighted by Crippen LogP contribution is -2.29. The molecule has 5 heteroatoms. The Morgan fingerprint density at radius 3 is 2.35 bits per heavy atom. The van der Waals surface area contributed by atoms with Gasteiger partial charge in [-0.05, 0) is 42.0 Å². The summed E-state index contributed by atoms with van der Waals surface area (Å²) in [6, 6.07) is 4.15. The van der Waals surface area contributed by atoms with Gasteiger partial charge in [-0.2, -0.15) is 8.42 Å². The molecule has 0 atom stereocenters. The van der Waals surface area contributed by atoms with Gasteiger partial charge < -0.3 is 0 Å². The van der Waals surface area contributed by atoms with Gasteiger partial charge in [-0.25, -0.2) is 0 Å². The lowest BCUT2D eigenvalue weighted by atomic mass is 10.0. The molecular formula is C15H24O3SSi. The first kappa shape index (κ1) is 17.1. The highest BCUT2D eigenvalue weighted by molar-refractivity contribution is 7.88. The number of hydrogen-bond donors (Lipinski definition) is 1. The molecule has 0 aliphatic rings. The van der Waals surface area contributed by atoms with Crippen LogP contribution in [0.15, 0.2) is 23.6 Å². The Kier molecular flexibility index (Phi) is 5.35. The molecule has 1 aromatic carbocycles. The normalized spacial score (nSPS) is 13.7. The summed E-state index contributed by atoms with van der Waals surface area (Å²) in [5, 5.41) is 2.59. The van der Waals surface area contributed by atoms with E-state index in [1.54, 1.807) is 0 Å².